The number of nitrogens with zero attached hydrogens (tertiary/aromatic N) is 1. The van der Waals surface area contributed by atoms with Gasteiger partial charge in [-0.3, -0.25) is 0 Å². The van der Waals surface area contributed by atoms with Gasteiger partial charge in [0.1, 0.15) is 22.3 Å². The van der Waals surface area contributed by atoms with E-state index < -0.39 is 0 Å². The first-order valence-corrected chi connectivity index (χ1v) is 32.4. The summed E-state index contributed by atoms with van der Waals surface area (Å²) in [6.45, 7) is 0. The van der Waals surface area contributed by atoms with Crippen LogP contribution in [0.5, 0.6) is 0 Å². The third-order valence-electron chi connectivity index (χ3n) is 18.6. The largest absolute Gasteiger partial charge is 0.455 e. The zero-order chi connectivity index (χ0) is 61.5. The van der Waals surface area contributed by atoms with Crippen molar-refractivity contribution in [2.24, 2.45) is 0 Å². The van der Waals surface area contributed by atoms with Gasteiger partial charge in [0, 0.05) is 75.1 Å². The van der Waals surface area contributed by atoms with Crippen LogP contribution in [0.3, 0.4) is 0 Å². The minimum atomic E-state index is 0.912. The number of rotatable bonds is 5. The van der Waals surface area contributed by atoms with Gasteiger partial charge in [-0.25, -0.2) is 0 Å². The highest BCUT2D eigenvalue weighted by atomic mass is 79.9. The van der Waals surface area contributed by atoms with Gasteiger partial charge < -0.3 is 18.4 Å². The molecule has 20 rings (SSSR count). The molecule has 0 fully saturated rings. The monoisotopic (exact) mass is 1250 g/mol. The maximum Gasteiger partial charge on any atom is 0.143 e. The Morgan fingerprint density at radius 1 is 0.237 bits per heavy atom. The fourth-order valence-electron chi connectivity index (χ4n) is 14.6. The Morgan fingerprint density at radius 2 is 0.602 bits per heavy atom. The predicted molar refractivity (Wildman–Crippen MR) is 397 cm³/mol. The molecule has 0 atom stereocenters. The average molecular weight is 1250 g/mol. The highest BCUT2D eigenvalue weighted by Gasteiger charge is 2.24. The number of benzene rings is 16. The molecular formula is C88H55BrN2O2. The SMILES string of the molecule is Brc1cc(-c2ccccc2)cc(-c2ccccc2)c1.c1ccc(-c2cc(-c3ccccc3)cc(-n3c4ccccc4c4c5c(ccc43)oc3c4ccccc4c4ccccc4c35)c2)cc1.c1ccc2c(c1)[nH]c1ccc3oc4c5ccccc5c5ccccc5c4c3c12. The van der Waals surface area contributed by atoms with Gasteiger partial charge in [-0.2, -0.15) is 0 Å². The third kappa shape index (κ3) is 9.11. The highest BCUT2D eigenvalue weighted by molar-refractivity contribution is 9.10. The molecule has 0 amide bonds. The number of aromatic nitrogens is 2. The molecule has 4 heterocycles. The second kappa shape index (κ2) is 22.3. The van der Waals surface area contributed by atoms with Crippen molar-refractivity contribution in [2.45, 2.75) is 0 Å². The summed E-state index contributed by atoms with van der Waals surface area (Å²) >= 11 is 3.61. The van der Waals surface area contributed by atoms with E-state index in [2.05, 4.69) is 341 Å². The summed E-state index contributed by atoms with van der Waals surface area (Å²) in [5.41, 5.74) is 19.3. The summed E-state index contributed by atoms with van der Waals surface area (Å²) in [6.07, 6.45) is 0. The first-order chi connectivity index (χ1) is 46.1. The summed E-state index contributed by atoms with van der Waals surface area (Å²) < 4.78 is 16.8. The minimum Gasteiger partial charge on any atom is -0.455 e. The number of aromatic amines is 1. The second-order valence-electron chi connectivity index (χ2n) is 24.0. The molecule has 4 nitrogen and oxygen atoms in total. The topological polar surface area (TPSA) is 47.0 Å². The summed E-state index contributed by atoms with van der Waals surface area (Å²) in [5.74, 6) is 0. The lowest BCUT2D eigenvalue weighted by Gasteiger charge is -2.14. The lowest BCUT2D eigenvalue weighted by molar-refractivity contribution is 0.673. The molecule has 4 aromatic heterocycles. The number of hydrogen-bond donors (Lipinski definition) is 1. The van der Waals surface area contributed by atoms with Crippen molar-refractivity contribution in [3.05, 3.63) is 332 Å². The van der Waals surface area contributed by atoms with Crippen LogP contribution in [0.25, 0.3) is 181 Å². The van der Waals surface area contributed by atoms with Crippen molar-refractivity contribution in [2.75, 3.05) is 0 Å². The zero-order valence-electron chi connectivity index (χ0n) is 50.3. The van der Waals surface area contributed by atoms with Crippen molar-refractivity contribution in [3.8, 4) is 50.2 Å². The third-order valence-corrected chi connectivity index (χ3v) is 19.1. The molecule has 0 unspecified atom stereocenters. The van der Waals surface area contributed by atoms with E-state index in [4.69, 9.17) is 8.83 Å². The Labute approximate surface area is 543 Å². The van der Waals surface area contributed by atoms with Gasteiger partial charge in [0.2, 0.25) is 0 Å². The molecular weight excluding hydrogens is 1200 g/mol. The van der Waals surface area contributed by atoms with Gasteiger partial charge >= 0.3 is 0 Å². The van der Waals surface area contributed by atoms with Crippen molar-refractivity contribution in [1.29, 1.82) is 0 Å². The molecule has 0 saturated carbocycles. The van der Waals surface area contributed by atoms with Gasteiger partial charge in [-0.1, -0.05) is 271 Å². The molecule has 0 bridgehead atoms. The lowest BCUT2D eigenvalue weighted by Crippen LogP contribution is -1.96. The normalized spacial score (nSPS) is 11.7. The van der Waals surface area contributed by atoms with Crippen LogP contribution < -0.4 is 0 Å². The van der Waals surface area contributed by atoms with Gasteiger partial charge in [0.05, 0.1) is 11.0 Å². The van der Waals surface area contributed by atoms with Gasteiger partial charge in [0.25, 0.3) is 0 Å². The van der Waals surface area contributed by atoms with Crippen LogP contribution in [0.2, 0.25) is 0 Å². The fourth-order valence-corrected chi connectivity index (χ4v) is 15.1. The molecule has 0 aliphatic rings. The van der Waals surface area contributed by atoms with Crippen LogP contribution >= 0.6 is 15.9 Å². The molecule has 0 aliphatic heterocycles. The van der Waals surface area contributed by atoms with E-state index in [-0.39, 0.29) is 0 Å². The maximum absolute atomic E-state index is 6.79. The van der Waals surface area contributed by atoms with Crippen molar-refractivity contribution >= 4 is 147 Å². The number of halogens is 1. The molecule has 0 saturated heterocycles. The Balaban J connectivity index is 0.000000114. The predicted octanol–water partition coefficient (Wildman–Crippen LogP) is 25.6. The standard InChI is InChI=1S/C44H27NO.C26H15NO.C18H13Br/c1-3-13-28(14-4-1)30-25-31(29-15-5-2-6-16-29)27-32(26-30)45-38-22-12-11-21-37(38)41-39(45)23-24-40-43(41)42-35-19-9-7-17-33(35)34-18-8-10-20-36(34)44(42)46-40;1-3-9-17-15(7-1)16-8-2-4-10-18(16)26-24(17)25-22(28-26)14-13-21-23(25)19-11-5-6-12-20(19)27-21;19-18-12-16(14-7-3-1-4-8-14)11-17(13-18)15-9-5-2-6-10-15/h1-27H;1-14,27H;1-13H. The van der Waals surface area contributed by atoms with Crippen LogP contribution in [-0.4, -0.2) is 9.55 Å². The molecule has 0 aliphatic carbocycles. The van der Waals surface area contributed by atoms with Crippen LogP contribution in [0, 0.1) is 0 Å². The van der Waals surface area contributed by atoms with E-state index in [0.29, 0.717) is 0 Å². The first kappa shape index (κ1) is 54.2. The van der Waals surface area contributed by atoms with Crippen LogP contribution in [0.15, 0.2) is 341 Å². The van der Waals surface area contributed by atoms with Crippen LogP contribution in [0.1, 0.15) is 0 Å². The second-order valence-corrected chi connectivity index (χ2v) is 24.9. The van der Waals surface area contributed by atoms with Gasteiger partial charge in [-0.05, 0) is 150 Å². The number of fused-ring (bicyclic) bond motifs is 24. The molecule has 0 radical (unpaired) electrons. The average Bonchev–Trinajstić information content (AvgIpc) is 1.56. The smallest absolute Gasteiger partial charge is 0.143 e. The van der Waals surface area contributed by atoms with E-state index in [9.17, 15) is 0 Å². The molecule has 436 valence electrons. The van der Waals surface area contributed by atoms with Crippen molar-refractivity contribution in [3.63, 3.8) is 0 Å². The Bertz CT molecular complexity index is 6180. The van der Waals surface area contributed by atoms with E-state index in [0.717, 1.165) is 54.4 Å². The van der Waals surface area contributed by atoms with E-state index in [1.54, 1.807) is 0 Å². The molecule has 5 heteroatoms. The summed E-state index contributed by atoms with van der Waals surface area (Å²) in [5, 5.41) is 19.4. The van der Waals surface area contributed by atoms with E-state index in [1.807, 2.05) is 12.1 Å². The summed E-state index contributed by atoms with van der Waals surface area (Å²) in [7, 11) is 0. The highest BCUT2D eigenvalue weighted by Crippen LogP contribution is 2.48. The minimum absolute atomic E-state index is 0.912. The fraction of sp³-hybridized carbons (Fsp3) is 0. The van der Waals surface area contributed by atoms with E-state index >= 15 is 0 Å². The van der Waals surface area contributed by atoms with Gasteiger partial charge in [-0.15, -0.1) is 0 Å². The summed E-state index contributed by atoms with van der Waals surface area (Å²) in [4.78, 5) is 3.57. The molecule has 20 aromatic rings. The quantitative estimate of drug-likeness (QED) is 0.175. The van der Waals surface area contributed by atoms with Crippen molar-refractivity contribution < 1.29 is 8.83 Å². The number of nitrogens with one attached hydrogen (secondary N) is 1. The maximum atomic E-state index is 6.79. The zero-order valence-corrected chi connectivity index (χ0v) is 51.9. The Kier molecular flexibility index (Phi) is 13.0. The molecule has 1 N–H and O–H groups in total. The number of hydrogen-bond acceptors (Lipinski definition) is 2. The lowest BCUT2D eigenvalue weighted by atomic mass is 9.95. The van der Waals surface area contributed by atoms with Crippen LogP contribution in [-0.2, 0) is 0 Å². The summed E-state index contributed by atoms with van der Waals surface area (Å²) in [6, 6.07) is 116. The van der Waals surface area contributed by atoms with Crippen LogP contribution in [0.4, 0.5) is 0 Å². The number of furan rings is 2. The first-order valence-electron chi connectivity index (χ1n) is 31.6. The number of H-pyrrole nitrogens is 1. The van der Waals surface area contributed by atoms with E-state index in [1.165, 1.54) is 131 Å². The number of para-hydroxylation sites is 2. The Morgan fingerprint density at radius 3 is 1.09 bits per heavy atom. The van der Waals surface area contributed by atoms with Crippen molar-refractivity contribution in [1.82, 2.24) is 9.55 Å². The molecule has 0 spiro atoms. The molecule has 93 heavy (non-hydrogen) atoms. The molecule has 16 aromatic carbocycles. The Hall–Kier alpha value is -11.8. The van der Waals surface area contributed by atoms with Gasteiger partial charge in [0.15, 0.2) is 0 Å².